The number of carbonyl (C=O) groups is 2. The van der Waals surface area contributed by atoms with Gasteiger partial charge in [0.15, 0.2) is 0 Å². The lowest BCUT2D eigenvalue weighted by atomic mass is 10.0. The van der Waals surface area contributed by atoms with E-state index in [2.05, 4.69) is 35.3 Å². The highest BCUT2D eigenvalue weighted by Crippen LogP contribution is 2.37. The summed E-state index contributed by atoms with van der Waals surface area (Å²) in [5, 5.41) is 19.0. The van der Waals surface area contributed by atoms with Gasteiger partial charge in [0.2, 0.25) is 0 Å². The molecule has 0 aliphatic carbocycles. The van der Waals surface area contributed by atoms with Crippen molar-refractivity contribution >= 4 is 48.1 Å². The Kier molecular flexibility index (Phi) is 7.96. The number of thiazole rings is 1. The summed E-state index contributed by atoms with van der Waals surface area (Å²) in [5.74, 6) is -0.243. The van der Waals surface area contributed by atoms with Crippen LogP contribution in [0.5, 0.6) is 0 Å². The molecule has 12 heteroatoms. The van der Waals surface area contributed by atoms with Crippen LogP contribution in [0.2, 0.25) is 25.7 Å². The number of nitrogens with one attached hydrogen (secondary N) is 2. The van der Waals surface area contributed by atoms with E-state index in [9.17, 15) is 14.7 Å². The molecule has 4 rings (SSSR count). The molecule has 194 valence electrons. The summed E-state index contributed by atoms with van der Waals surface area (Å²) in [6.07, 6.45) is 4.47. The Balaban J connectivity index is 1.66. The maximum Gasteiger partial charge on any atom is 0.407 e. The summed E-state index contributed by atoms with van der Waals surface area (Å²) >= 11 is 1.38. The van der Waals surface area contributed by atoms with E-state index in [0.29, 0.717) is 37.1 Å². The molecule has 10 nitrogen and oxygen atoms in total. The highest BCUT2D eigenvalue weighted by Gasteiger charge is 2.26. The lowest BCUT2D eigenvalue weighted by molar-refractivity contribution is 0.0899. The van der Waals surface area contributed by atoms with Gasteiger partial charge in [-0.3, -0.25) is 4.79 Å². The fourth-order valence-corrected chi connectivity index (χ4v) is 5.78. The van der Waals surface area contributed by atoms with Crippen molar-refractivity contribution in [3.63, 3.8) is 0 Å². The Labute approximate surface area is 215 Å². The number of likely N-dealkylation sites (tertiary alicyclic amines) is 1. The SMILES string of the molecule is CNC(=O)c1csc(-c2cnc3c(ccn3COCC[Si](C)(C)C)c2N[C@@H]2CCCN(C(=O)O)C2)n1. The molecule has 0 bridgehead atoms. The molecule has 1 aliphatic rings. The van der Waals surface area contributed by atoms with Gasteiger partial charge in [-0.2, -0.15) is 0 Å². The predicted octanol–water partition coefficient (Wildman–Crippen LogP) is 4.39. The number of carbonyl (C=O) groups excluding carboxylic acids is 1. The molecule has 0 unspecified atom stereocenters. The van der Waals surface area contributed by atoms with E-state index in [4.69, 9.17) is 9.72 Å². The molecular weight excluding hydrogens is 496 g/mol. The first-order valence-electron chi connectivity index (χ1n) is 12.1. The number of fused-ring (bicyclic) bond motifs is 1. The molecule has 3 aromatic heterocycles. The first-order chi connectivity index (χ1) is 17.2. The van der Waals surface area contributed by atoms with Crippen LogP contribution < -0.4 is 10.6 Å². The van der Waals surface area contributed by atoms with E-state index in [0.717, 1.165) is 41.2 Å². The number of pyridine rings is 1. The van der Waals surface area contributed by atoms with Gasteiger partial charge in [0.1, 0.15) is 23.1 Å². The average Bonchev–Trinajstić information content (AvgIpc) is 3.49. The highest BCUT2D eigenvalue weighted by molar-refractivity contribution is 7.13. The minimum Gasteiger partial charge on any atom is -0.465 e. The number of hydrogen-bond acceptors (Lipinski definition) is 7. The molecule has 0 saturated carbocycles. The molecular formula is C24H34N6O4SSi. The Morgan fingerprint density at radius 2 is 2.14 bits per heavy atom. The highest BCUT2D eigenvalue weighted by atomic mass is 32.1. The summed E-state index contributed by atoms with van der Waals surface area (Å²) < 4.78 is 7.94. The van der Waals surface area contributed by atoms with Crippen molar-refractivity contribution in [1.29, 1.82) is 0 Å². The van der Waals surface area contributed by atoms with Gasteiger partial charge in [-0.1, -0.05) is 19.6 Å². The zero-order valence-corrected chi connectivity index (χ0v) is 23.0. The van der Waals surface area contributed by atoms with E-state index < -0.39 is 14.2 Å². The number of nitrogens with zero attached hydrogens (tertiary/aromatic N) is 4. The van der Waals surface area contributed by atoms with Crippen molar-refractivity contribution in [2.45, 2.75) is 51.3 Å². The lowest BCUT2D eigenvalue weighted by Crippen LogP contribution is -2.44. The second-order valence-electron chi connectivity index (χ2n) is 10.2. The number of ether oxygens (including phenoxy) is 1. The van der Waals surface area contributed by atoms with Crippen molar-refractivity contribution < 1.29 is 19.4 Å². The van der Waals surface area contributed by atoms with Crippen molar-refractivity contribution in [2.75, 3.05) is 32.1 Å². The van der Waals surface area contributed by atoms with Gasteiger partial charge in [0.25, 0.3) is 5.91 Å². The smallest absolute Gasteiger partial charge is 0.407 e. The molecule has 2 amide bonds. The molecule has 1 saturated heterocycles. The maximum atomic E-state index is 12.1. The molecule has 1 fully saturated rings. The monoisotopic (exact) mass is 530 g/mol. The van der Waals surface area contributed by atoms with E-state index in [1.54, 1.807) is 18.6 Å². The van der Waals surface area contributed by atoms with E-state index in [1.165, 1.54) is 16.2 Å². The number of hydrogen-bond donors (Lipinski definition) is 3. The van der Waals surface area contributed by atoms with Gasteiger partial charge < -0.3 is 29.9 Å². The molecule has 1 aliphatic heterocycles. The second kappa shape index (κ2) is 11.0. The molecule has 3 aromatic rings. The zero-order chi connectivity index (χ0) is 25.9. The van der Waals surface area contributed by atoms with Crippen LogP contribution in [0.25, 0.3) is 21.6 Å². The van der Waals surface area contributed by atoms with Crippen molar-refractivity contribution in [3.05, 3.63) is 29.5 Å². The van der Waals surface area contributed by atoms with Crippen LogP contribution in [-0.4, -0.2) is 77.4 Å². The lowest BCUT2D eigenvalue weighted by Gasteiger charge is -2.32. The van der Waals surface area contributed by atoms with Crippen LogP contribution in [0.1, 0.15) is 23.3 Å². The topological polar surface area (TPSA) is 122 Å². The van der Waals surface area contributed by atoms with Crippen molar-refractivity contribution in [2.24, 2.45) is 0 Å². The van der Waals surface area contributed by atoms with Gasteiger partial charge >= 0.3 is 6.09 Å². The number of piperidine rings is 1. The third-order valence-corrected chi connectivity index (χ3v) is 8.83. The number of amides is 2. The standard InChI is InChI=1S/C24H34N6O4SSi/c1-25-22(31)19-14-35-23(28-19)18-12-26-21-17(7-9-30(21)15-34-10-11-36(2,3)4)20(18)27-16-6-5-8-29(13-16)24(32)33/h7,9,12,14,16H,5-6,8,10-11,13,15H2,1-4H3,(H,25,31)(H,26,27)(H,32,33)/t16-/m1/s1. The second-order valence-corrected chi connectivity index (χ2v) is 16.7. The van der Waals surface area contributed by atoms with E-state index in [1.807, 2.05) is 16.8 Å². The van der Waals surface area contributed by atoms with Gasteiger partial charge in [-0.15, -0.1) is 11.3 Å². The molecule has 3 N–H and O–H groups in total. The van der Waals surface area contributed by atoms with Gasteiger partial charge in [0.05, 0.1) is 11.3 Å². The zero-order valence-electron chi connectivity index (χ0n) is 21.2. The van der Waals surface area contributed by atoms with Crippen LogP contribution in [0.4, 0.5) is 10.5 Å². The third-order valence-electron chi connectivity index (χ3n) is 6.25. The van der Waals surface area contributed by atoms with Gasteiger partial charge in [-0.25, -0.2) is 14.8 Å². The van der Waals surface area contributed by atoms with Crippen LogP contribution in [-0.2, 0) is 11.5 Å². The maximum absolute atomic E-state index is 12.1. The molecule has 0 radical (unpaired) electrons. The summed E-state index contributed by atoms with van der Waals surface area (Å²) in [4.78, 5) is 34.4. The first kappa shape index (κ1) is 26.1. The molecule has 1 atom stereocenters. The van der Waals surface area contributed by atoms with Gasteiger partial charge in [0, 0.05) is 64.0 Å². The minimum absolute atomic E-state index is 0.0473. The molecule has 36 heavy (non-hydrogen) atoms. The normalized spacial score (nSPS) is 16.3. The summed E-state index contributed by atoms with van der Waals surface area (Å²) in [6.45, 7) is 9.05. The Hall–Kier alpha value is -2.96. The Morgan fingerprint density at radius 3 is 2.86 bits per heavy atom. The number of carboxylic acid groups (broad SMARTS) is 1. The predicted molar refractivity (Wildman–Crippen MR) is 145 cm³/mol. The Morgan fingerprint density at radius 1 is 1.33 bits per heavy atom. The number of aromatic nitrogens is 3. The van der Waals surface area contributed by atoms with Crippen LogP contribution >= 0.6 is 11.3 Å². The van der Waals surface area contributed by atoms with E-state index in [-0.39, 0.29) is 11.9 Å². The number of anilines is 1. The average molecular weight is 531 g/mol. The van der Waals surface area contributed by atoms with Crippen molar-refractivity contribution in [1.82, 2.24) is 24.8 Å². The fourth-order valence-electron chi connectivity index (χ4n) is 4.20. The Bertz CT molecular complexity index is 1240. The van der Waals surface area contributed by atoms with Gasteiger partial charge in [-0.05, 0) is 25.0 Å². The summed E-state index contributed by atoms with van der Waals surface area (Å²) in [6, 6.07) is 3.05. The van der Waals surface area contributed by atoms with Crippen LogP contribution in [0, 0.1) is 0 Å². The van der Waals surface area contributed by atoms with Crippen LogP contribution in [0.3, 0.4) is 0 Å². The summed E-state index contributed by atoms with van der Waals surface area (Å²) in [7, 11) is 0.402. The molecule has 0 spiro atoms. The minimum atomic E-state index is -1.17. The summed E-state index contributed by atoms with van der Waals surface area (Å²) in [5.41, 5.74) is 2.76. The molecule has 0 aromatic carbocycles. The fraction of sp³-hybridized carbons (Fsp3) is 0.500. The molecule has 4 heterocycles. The number of rotatable bonds is 9. The van der Waals surface area contributed by atoms with E-state index >= 15 is 0 Å². The third kappa shape index (κ3) is 6.05. The van der Waals surface area contributed by atoms with Crippen LogP contribution in [0.15, 0.2) is 23.8 Å². The van der Waals surface area contributed by atoms with Crippen molar-refractivity contribution in [3.8, 4) is 10.6 Å². The first-order valence-corrected chi connectivity index (χ1v) is 16.7. The quantitative estimate of drug-likeness (QED) is 0.277. The largest absolute Gasteiger partial charge is 0.465 e.